The minimum atomic E-state index is 0.457. The zero-order valence-electron chi connectivity index (χ0n) is 11.7. The Bertz CT molecular complexity index is 415. The van der Waals surface area contributed by atoms with Gasteiger partial charge >= 0.3 is 0 Å². The Labute approximate surface area is 126 Å². The summed E-state index contributed by atoms with van der Waals surface area (Å²) in [5.74, 6) is 2.25. The van der Waals surface area contributed by atoms with Gasteiger partial charge in [-0.15, -0.1) is 11.6 Å². The van der Waals surface area contributed by atoms with Crippen molar-refractivity contribution in [2.75, 3.05) is 11.9 Å². The SMILES string of the molecule is CCC1CCC(N(C)c2ncc(CCl)cc2Cl)CC1. The van der Waals surface area contributed by atoms with Crippen LogP contribution in [0.1, 0.15) is 44.6 Å². The van der Waals surface area contributed by atoms with Gasteiger partial charge in [-0.25, -0.2) is 4.98 Å². The average Bonchev–Trinajstić information content (AvgIpc) is 2.46. The molecule has 0 radical (unpaired) electrons. The van der Waals surface area contributed by atoms with Crippen molar-refractivity contribution < 1.29 is 0 Å². The maximum absolute atomic E-state index is 6.32. The van der Waals surface area contributed by atoms with Crippen LogP contribution in [0.5, 0.6) is 0 Å². The minimum absolute atomic E-state index is 0.457. The van der Waals surface area contributed by atoms with E-state index in [0.29, 0.717) is 16.9 Å². The molecule has 1 aliphatic carbocycles. The van der Waals surface area contributed by atoms with Gasteiger partial charge in [0.1, 0.15) is 5.82 Å². The molecule has 4 heteroatoms. The van der Waals surface area contributed by atoms with E-state index in [-0.39, 0.29) is 0 Å². The normalized spacial score (nSPS) is 23.4. The van der Waals surface area contributed by atoms with Gasteiger partial charge in [-0.05, 0) is 43.2 Å². The summed E-state index contributed by atoms with van der Waals surface area (Å²) in [7, 11) is 2.10. The molecule has 1 saturated carbocycles. The highest BCUT2D eigenvalue weighted by Crippen LogP contribution is 2.33. The lowest BCUT2D eigenvalue weighted by molar-refractivity contribution is 0.313. The van der Waals surface area contributed by atoms with E-state index in [1.165, 1.54) is 32.1 Å². The maximum atomic E-state index is 6.32. The fraction of sp³-hybridized carbons (Fsp3) is 0.667. The van der Waals surface area contributed by atoms with Crippen molar-refractivity contribution in [3.63, 3.8) is 0 Å². The fourth-order valence-corrected chi connectivity index (χ4v) is 3.38. The number of rotatable bonds is 4. The molecule has 0 spiro atoms. The molecule has 0 N–H and O–H groups in total. The lowest BCUT2D eigenvalue weighted by Crippen LogP contribution is -2.35. The Kier molecular flexibility index (Phi) is 5.35. The minimum Gasteiger partial charge on any atom is -0.355 e. The average molecular weight is 301 g/mol. The van der Waals surface area contributed by atoms with Crippen LogP contribution in [0.3, 0.4) is 0 Å². The monoisotopic (exact) mass is 300 g/mol. The van der Waals surface area contributed by atoms with Gasteiger partial charge < -0.3 is 4.90 Å². The molecule has 0 saturated heterocycles. The van der Waals surface area contributed by atoms with Crippen molar-refractivity contribution in [2.45, 2.75) is 50.9 Å². The third kappa shape index (κ3) is 3.55. The Hall–Kier alpha value is -0.470. The van der Waals surface area contributed by atoms with Gasteiger partial charge in [-0.3, -0.25) is 0 Å². The van der Waals surface area contributed by atoms with Crippen LogP contribution in [0.25, 0.3) is 0 Å². The van der Waals surface area contributed by atoms with Crippen molar-refractivity contribution in [3.8, 4) is 0 Å². The molecule has 0 bridgehead atoms. The highest BCUT2D eigenvalue weighted by molar-refractivity contribution is 6.33. The molecule has 1 fully saturated rings. The molecule has 0 aromatic carbocycles. The summed E-state index contributed by atoms with van der Waals surface area (Å²) in [6.45, 7) is 2.29. The van der Waals surface area contributed by atoms with E-state index in [1.54, 1.807) is 0 Å². The molecular formula is C15H22Cl2N2. The summed E-state index contributed by atoms with van der Waals surface area (Å²) < 4.78 is 0. The van der Waals surface area contributed by atoms with Gasteiger partial charge in [0, 0.05) is 25.2 Å². The molecule has 2 rings (SSSR count). The first kappa shape index (κ1) is 14.9. The van der Waals surface area contributed by atoms with Crippen LogP contribution in [0, 0.1) is 5.92 Å². The highest BCUT2D eigenvalue weighted by atomic mass is 35.5. The molecule has 0 aliphatic heterocycles. The van der Waals surface area contributed by atoms with Crippen LogP contribution >= 0.6 is 23.2 Å². The second-order valence-corrected chi connectivity index (χ2v) is 6.15. The number of alkyl halides is 1. The molecule has 106 valence electrons. The van der Waals surface area contributed by atoms with Gasteiger partial charge in [0.05, 0.1) is 5.02 Å². The maximum Gasteiger partial charge on any atom is 0.147 e. The summed E-state index contributed by atoms with van der Waals surface area (Å²) in [6, 6.07) is 2.49. The van der Waals surface area contributed by atoms with E-state index in [9.17, 15) is 0 Å². The zero-order valence-corrected chi connectivity index (χ0v) is 13.2. The van der Waals surface area contributed by atoms with Crippen LogP contribution in [-0.4, -0.2) is 18.1 Å². The number of pyridine rings is 1. The molecule has 1 heterocycles. The van der Waals surface area contributed by atoms with Gasteiger partial charge in [0.2, 0.25) is 0 Å². The quantitative estimate of drug-likeness (QED) is 0.737. The molecular weight excluding hydrogens is 279 g/mol. The van der Waals surface area contributed by atoms with Crippen molar-refractivity contribution in [1.29, 1.82) is 0 Å². The predicted octanol–water partition coefficient (Wildman–Crippen LogP) is 4.88. The number of hydrogen-bond donors (Lipinski definition) is 0. The highest BCUT2D eigenvalue weighted by Gasteiger charge is 2.24. The van der Waals surface area contributed by atoms with Crippen LogP contribution < -0.4 is 4.90 Å². The summed E-state index contributed by atoms with van der Waals surface area (Å²) in [5, 5.41) is 0.707. The first-order valence-electron chi connectivity index (χ1n) is 7.08. The van der Waals surface area contributed by atoms with Crippen molar-refractivity contribution in [2.24, 2.45) is 5.92 Å². The van der Waals surface area contributed by atoms with Crippen LogP contribution in [0.4, 0.5) is 5.82 Å². The van der Waals surface area contributed by atoms with E-state index >= 15 is 0 Å². The van der Waals surface area contributed by atoms with Crippen molar-refractivity contribution in [1.82, 2.24) is 4.98 Å². The van der Waals surface area contributed by atoms with Crippen LogP contribution in [0.15, 0.2) is 12.3 Å². The lowest BCUT2D eigenvalue weighted by atomic mass is 9.84. The summed E-state index contributed by atoms with van der Waals surface area (Å²) in [5.41, 5.74) is 0.971. The third-order valence-electron chi connectivity index (χ3n) is 4.31. The second-order valence-electron chi connectivity index (χ2n) is 5.48. The molecule has 2 nitrogen and oxygen atoms in total. The molecule has 19 heavy (non-hydrogen) atoms. The van der Waals surface area contributed by atoms with Crippen LogP contribution in [0.2, 0.25) is 5.02 Å². The van der Waals surface area contributed by atoms with Gasteiger partial charge in [-0.2, -0.15) is 0 Å². The number of halogens is 2. The number of hydrogen-bond acceptors (Lipinski definition) is 2. The molecule has 1 aromatic rings. The topological polar surface area (TPSA) is 16.1 Å². The Morgan fingerprint density at radius 2 is 2.00 bits per heavy atom. The Balaban J connectivity index is 2.05. The smallest absolute Gasteiger partial charge is 0.147 e. The van der Waals surface area contributed by atoms with E-state index < -0.39 is 0 Å². The van der Waals surface area contributed by atoms with E-state index in [0.717, 1.165) is 17.3 Å². The largest absolute Gasteiger partial charge is 0.355 e. The second kappa shape index (κ2) is 6.81. The summed E-state index contributed by atoms with van der Waals surface area (Å²) in [4.78, 5) is 6.72. The number of anilines is 1. The molecule has 0 atom stereocenters. The Morgan fingerprint density at radius 1 is 1.32 bits per heavy atom. The standard InChI is InChI=1S/C15H22Cl2N2/c1-3-11-4-6-13(7-5-11)19(2)15-14(17)8-12(9-16)10-18-15/h8,10-11,13H,3-7,9H2,1-2H3. The fourth-order valence-electron chi connectivity index (χ4n) is 2.92. The van der Waals surface area contributed by atoms with Crippen molar-refractivity contribution >= 4 is 29.0 Å². The molecule has 1 aliphatic rings. The summed E-state index contributed by atoms with van der Waals surface area (Å²) in [6.07, 6.45) is 8.25. The first-order valence-corrected chi connectivity index (χ1v) is 8.00. The van der Waals surface area contributed by atoms with E-state index in [4.69, 9.17) is 23.2 Å². The van der Waals surface area contributed by atoms with Crippen molar-refractivity contribution in [3.05, 3.63) is 22.8 Å². The van der Waals surface area contributed by atoms with E-state index in [1.807, 2.05) is 12.3 Å². The lowest BCUT2D eigenvalue weighted by Gasteiger charge is -2.35. The summed E-state index contributed by atoms with van der Waals surface area (Å²) >= 11 is 12.1. The zero-order chi connectivity index (χ0) is 13.8. The Morgan fingerprint density at radius 3 is 2.53 bits per heavy atom. The van der Waals surface area contributed by atoms with Crippen LogP contribution in [-0.2, 0) is 5.88 Å². The first-order chi connectivity index (χ1) is 9.15. The van der Waals surface area contributed by atoms with E-state index in [2.05, 4.69) is 23.9 Å². The molecule has 1 aromatic heterocycles. The molecule has 0 unspecified atom stereocenters. The predicted molar refractivity (Wildman–Crippen MR) is 83.2 cm³/mol. The molecule has 0 amide bonds. The third-order valence-corrected chi connectivity index (χ3v) is 4.89. The van der Waals surface area contributed by atoms with Gasteiger partial charge in [0.15, 0.2) is 0 Å². The number of aromatic nitrogens is 1. The van der Waals surface area contributed by atoms with Gasteiger partial charge in [0.25, 0.3) is 0 Å². The van der Waals surface area contributed by atoms with Gasteiger partial charge in [-0.1, -0.05) is 24.9 Å². The number of nitrogens with zero attached hydrogens (tertiary/aromatic N) is 2.